The number of methoxy groups -OCH3 is 1. The van der Waals surface area contributed by atoms with Gasteiger partial charge in [0.1, 0.15) is 11.6 Å². The Hall–Kier alpha value is -2.64. The Labute approximate surface area is 191 Å². The molecule has 0 spiro atoms. The van der Waals surface area contributed by atoms with Crippen molar-refractivity contribution in [2.75, 3.05) is 38.3 Å². The summed E-state index contributed by atoms with van der Waals surface area (Å²) in [5.74, 6) is -0.611. The lowest BCUT2D eigenvalue weighted by Crippen LogP contribution is -2.46. The minimum Gasteiger partial charge on any atom is -0.495 e. The molecule has 1 N–H and O–H groups in total. The van der Waals surface area contributed by atoms with Crippen molar-refractivity contribution in [1.29, 1.82) is 0 Å². The number of hydrogen-bond donors (Lipinski definition) is 1. The number of carbonyl (C=O) groups is 2. The minimum absolute atomic E-state index is 0.109. The van der Waals surface area contributed by atoms with E-state index >= 15 is 0 Å². The highest BCUT2D eigenvalue weighted by atomic mass is 35.5. The largest absolute Gasteiger partial charge is 0.495 e. The first-order valence-electron chi connectivity index (χ1n) is 10.7. The van der Waals surface area contributed by atoms with Gasteiger partial charge >= 0.3 is 0 Å². The lowest BCUT2D eigenvalue weighted by atomic mass is 9.74. The molecule has 0 saturated carbocycles. The van der Waals surface area contributed by atoms with Crippen LogP contribution < -0.4 is 15.0 Å². The summed E-state index contributed by atoms with van der Waals surface area (Å²) in [6.45, 7) is 1.72. The molecule has 8 heteroatoms. The lowest BCUT2D eigenvalue weighted by molar-refractivity contribution is -0.126. The van der Waals surface area contributed by atoms with Gasteiger partial charge in [0.2, 0.25) is 11.8 Å². The van der Waals surface area contributed by atoms with Crippen molar-refractivity contribution in [3.8, 4) is 5.75 Å². The average Bonchev–Trinajstić information content (AvgIpc) is 3.19. The molecule has 170 valence electrons. The summed E-state index contributed by atoms with van der Waals surface area (Å²) < 4.78 is 24.8. The summed E-state index contributed by atoms with van der Waals surface area (Å²) in [7, 11) is 1.53. The maximum Gasteiger partial charge on any atom is 0.227 e. The van der Waals surface area contributed by atoms with Gasteiger partial charge < -0.3 is 19.7 Å². The molecule has 1 atom stereocenters. The van der Waals surface area contributed by atoms with Crippen molar-refractivity contribution >= 4 is 29.1 Å². The van der Waals surface area contributed by atoms with Crippen LogP contribution in [0.3, 0.4) is 0 Å². The highest BCUT2D eigenvalue weighted by Crippen LogP contribution is 2.37. The number of hydrogen-bond acceptors (Lipinski definition) is 4. The first-order valence-corrected chi connectivity index (χ1v) is 11.0. The Bertz CT molecular complexity index is 1010. The number of ether oxygens (including phenoxy) is 2. The fourth-order valence-corrected chi connectivity index (χ4v) is 4.71. The SMILES string of the molecule is COc1ccc(Cl)cc1N1CC(C(=O)NCC2(c3cccc(F)c3)CCOCC2)CC1=O. The van der Waals surface area contributed by atoms with Crippen molar-refractivity contribution in [1.82, 2.24) is 5.32 Å². The Morgan fingerprint density at radius 2 is 2.06 bits per heavy atom. The van der Waals surface area contributed by atoms with Gasteiger partial charge in [0.05, 0.1) is 18.7 Å². The molecule has 2 aromatic rings. The van der Waals surface area contributed by atoms with E-state index in [2.05, 4.69) is 5.32 Å². The second kappa shape index (κ2) is 9.46. The van der Waals surface area contributed by atoms with Gasteiger partial charge in [-0.2, -0.15) is 0 Å². The van der Waals surface area contributed by atoms with Gasteiger partial charge in [0.25, 0.3) is 0 Å². The monoisotopic (exact) mass is 460 g/mol. The van der Waals surface area contributed by atoms with Crippen LogP contribution in [0.25, 0.3) is 0 Å². The molecule has 2 amide bonds. The minimum atomic E-state index is -0.490. The van der Waals surface area contributed by atoms with Gasteiger partial charge in [-0.15, -0.1) is 0 Å². The molecule has 2 fully saturated rings. The summed E-state index contributed by atoms with van der Waals surface area (Å²) in [6.07, 6.45) is 1.48. The van der Waals surface area contributed by atoms with E-state index < -0.39 is 11.3 Å². The summed E-state index contributed by atoms with van der Waals surface area (Å²) in [6, 6.07) is 11.6. The van der Waals surface area contributed by atoms with E-state index in [0.29, 0.717) is 49.1 Å². The number of anilines is 1. The van der Waals surface area contributed by atoms with Gasteiger partial charge in [0.15, 0.2) is 0 Å². The van der Waals surface area contributed by atoms with Gasteiger partial charge in [0, 0.05) is 43.2 Å². The molecule has 0 bridgehead atoms. The molecule has 1 unspecified atom stereocenters. The molecule has 0 aromatic heterocycles. The molecule has 0 aliphatic carbocycles. The summed E-state index contributed by atoms with van der Waals surface area (Å²) in [4.78, 5) is 27.3. The van der Waals surface area contributed by atoms with Crippen molar-refractivity contribution < 1.29 is 23.5 Å². The molecule has 32 heavy (non-hydrogen) atoms. The maximum absolute atomic E-state index is 13.9. The average molecular weight is 461 g/mol. The van der Waals surface area contributed by atoms with Crippen LogP contribution in [-0.2, 0) is 19.7 Å². The topological polar surface area (TPSA) is 67.9 Å². The van der Waals surface area contributed by atoms with E-state index in [1.54, 1.807) is 29.2 Å². The zero-order valence-corrected chi connectivity index (χ0v) is 18.7. The smallest absolute Gasteiger partial charge is 0.227 e. The first-order chi connectivity index (χ1) is 15.4. The van der Waals surface area contributed by atoms with Crippen LogP contribution in [0.2, 0.25) is 5.02 Å². The van der Waals surface area contributed by atoms with Crippen molar-refractivity contribution in [2.24, 2.45) is 5.92 Å². The highest BCUT2D eigenvalue weighted by Gasteiger charge is 2.39. The van der Waals surface area contributed by atoms with Crippen LogP contribution in [0.15, 0.2) is 42.5 Å². The van der Waals surface area contributed by atoms with Gasteiger partial charge in [-0.1, -0.05) is 23.7 Å². The molecule has 2 aliphatic heterocycles. The number of halogens is 2. The highest BCUT2D eigenvalue weighted by molar-refractivity contribution is 6.31. The second-order valence-electron chi connectivity index (χ2n) is 8.34. The van der Waals surface area contributed by atoms with E-state index in [0.717, 1.165) is 5.56 Å². The van der Waals surface area contributed by atoms with E-state index in [-0.39, 0.29) is 30.6 Å². The normalized spacial score (nSPS) is 20.3. The summed E-state index contributed by atoms with van der Waals surface area (Å²) in [5, 5.41) is 3.52. The predicted octanol–water partition coefficient (Wildman–Crippen LogP) is 3.71. The van der Waals surface area contributed by atoms with Crippen LogP contribution in [0.5, 0.6) is 5.75 Å². The Balaban J connectivity index is 1.47. The molecule has 2 heterocycles. The second-order valence-corrected chi connectivity index (χ2v) is 8.78. The third-order valence-electron chi connectivity index (χ3n) is 6.42. The summed E-state index contributed by atoms with van der Waals surface area (Å²) >= 11 is 6.11. The molecule has 2 saturated heterocycles. The molecule has 0 radical (unpaired) electrons. The van der Waals surface area contributed by atoms with Gasteiger partial charge in [-0.3, -0.25) is 9.59 Å². The van der Waals surface area contributed by atoms with Crippen LogP contribution in [0.1, 0.15) is 24.8 Å². The number of benzene rings is 2. The van der Waals surface area contributed by atoms with Crippen LogP contribution in [0.4, 0.5) is 10.1 Å². The van der Waals surface area contributed by atoms with Crippen molar-refractivity contribution in [2.45, 2.75) is 24.7 Å². The number of nitrogens with zero attached hydrogens (tertiary/aromatic N) is 1. The molecule has 2 aliphatic rings. The first kappa shape index (κ1) is 22.6. The Morgan fingerprint density at radius 1 is 1.28 bits per heavy atom. The molecule has 2 aromatic carbocycles. The Kier molecular flexibility index (Phi) is 6.67. The zero-order chi connectivity index (χ0) is 22.7. The standard InChI is InChI=1S/C24H26ClFN2O4/c1-31-21-6-5-18(25)13-20(21)28-14-16(11-22(28)29)23(30)27-15-24(7-9-32-10-8-24)17-3-2-4-19(26)12-17/h2-6,12-13,16H,7-11,14-15H2,1H3,(H,27,30). The lowest BCUT2D eigenvalue weighted by Gasteiger charge is -2.38. The van der Waals surface area contributed by atoms with E-state index in [9.17, 15) is 14.0 Å². The molecule has 6 nitrogen and oxygen atoms in total. The molecule has 4 rings (SSSR count). The zero-order valence-electron chi connectivity index (χ0n) is 17.9. The fraction of sp³-hybridized carbons (Fsp3) is 0.417. The number of carbonyl (C=O) groups excluding carboxylic acids is 2. The predicted molar refractivity (Wildman–Crippen MR) is 120 cm³/mol. The van der Waals surface area contributed by atoms with E-state index in [1.807, 2.05) is 6.07 Å². The van der Waals surface area contributed by atoms with E-state index in [4.69, 9.17) is 21.1 Å². The van der Waals surface area contributed by atoms with E-state index in [1.165, 1.54) is 19.2 Å². The third-order valence-corrected chi connectivity index (χ3v) is 6.65. The fourth-order valence-electron chi connectivity index (χ4n) is 4.54. The maximum atomic E-state index is 13.9. The summed E-state index contributed by atoms with van der Waals surface area (Å²) in [5.41, 5.74) is 1.02. The quantitative estimate of drug-likeness (QED) is 0.713. The number of rotatable bonds is 6. The van der Waals surface area contributed by atoms with Gasteiger partial charge in [-0.05, 0) is 48.7 Å². The Morgan fingerprint density at radius 3 is 2.78 bits per heavy atom. The van der Waals surface area contributed by atoms with Crippen molar-refractivity contribution in [3.05, 3.63) is 58.9 Å². The van der Waals surface area contributed by atoms with Crippen LogP contribution in [-0.4, -0.2) is 45.2 Å². The molecular weight excluding hydrogens is 435 g/mol. The van der Waals surface area contributed by atoms with Crippen LogP contribution >= 0.6 is 11.6 Å². The third kappa shape index (κ3) is 4.59. The number of amides is 2. The number of nitrogens with one attached hydrogen (secondary N) is 1. The van der Waals surface area contributed by atoms with Crippen LogP contribution in [0, 0.1) is 11.7 Å². The van der Waals surface area contributed by atoms with Crippen molar-refractivity contribution in [3.63, 3.8) is 0 Å². The van der Waals surface area contributed by atoms with Gasteiger partial charge in [-0.25, -0.2) is 4.39 Å². The molecular formula is C24H26ClFN2O4.